The van der Waals surface area contributed by atoms with Gasteiger partial charge in [-0.1, -0.05) is 84.4 Å². The molecule has 2 aliphatic heterocycles. The molecule has 0 spiro atoms. The van der Waals surface area contributed by atoms with E-state index < -0.39 is 29.4 Å². The maximum atomic E-state index is 13.9. The Hall–Kier alpha value is -3.48. The number of hydrogen-bond donors (Lipinski definition) is 1. The molecular formula is C28H25ClN2O4. The van der Waals surface area contributed by atoms with Crippen molar-refractivity contribution in [2.45, 2.75) is 24.5 Å². The van der Waals surface area contributed by atoms with E-state index in [4.69, 9.17) is 16.3 Å². The first kappa shape index (κ1) is 23.3. The zero-order valence-corrected chi connectivity index (χ0v) is 19.9. The fraction of sp³-hybridized carbons (Fsp3) is 0.250. The number of hydrogen-bond acceptors (Lipinski definition) is 5. The van der Waals surface area contributed by atoms with Gasteiger partial charge in [0.15, 0.2) is 0 Å². The Morgan fingerprint density at radius 1 is 0.943 bits per heavy atom. The van der Waals surface area contributed by atoms with Gasteiger partial charge in [0.25, 0.3) is 0 Å². The zero-order valence-electron chi connectivity index (χ0n) is 19.2. The van der Waals surface area contributed by atoms with Crippen LogP contribution in [0.4, 0.5) is 0 Å². The van der Waals surface area contributed by atoms with Gasteiger partial charge in [0.2, 0.25) is 11.8 Å². The summed E-state index contributed by atoms with van der Waals surface area (Å²) in [5.74, 6) is -2.94. The van der Waals surface area contributed by atoms with Crippen LogP contribution in [0, 0.1) is 11.8 Å². The van der Waals surface area contributed by atoms with Crippen molar-refractivity contribution in [2.75, 3.05) is 7.11 Å². The minimum absolute atomic E-state index is 0.149. The lowest BCUT2D eigenvalue weighted by Crippen LogP contribution is -2.57. The summed E-state index contributed by atoms with van der Waals surface area (Å²) >= 11 is 6.28. The number of halogens is 1. The highest BCUT2D eigenvalue weighted by Crippen LogP contribution is 2.50. The molecule has 178 valence electrons. The average molecular weight is 489 g/mol. The van der Waals surface area contributed by atoms with E-state index in [2.05, 4.69) is 5.32 Å². The molecular weight excluding hydrogens is 464 g/mol. The molecule has 7 heteroatoms. The molecule has 2 amide bonds. The Balaban J connectivity index is 1.63. The maximum Gasteiger partial charge on any atom is 0.327 e. The van der Waals surface area contributed by atoms with Crippen molar-refractivity contribution in [2.24, 2.45) is 11.8 Å². The van der Waals surface area contributed by atoms with Gasteiger partial charge in [-0.2, -0.15) is 0 Å². The van der Waals surface area contributed by atoms with Crippen molar-refractivity contribution in [1.29, 1.82) is 0 Å². The molecule has 5 rings (SSSR count). The first-order chi connectivity index (χ1) is 16.9. The summed E-state index contributed by atoms with van der Waals surface area (Å²) in [7, 11) is 1.31. The predicted molar refractivity (Wildman–Crippen MR) is 131 cm³/mol. The Morgan fingerprint density at radius 3 is 2.23 bits per heavy atom. The van der Waals surface area contributed by atoms with Crippen molar-refractivity contribution in [1.82, 2.24) is 10.2 Å². The minimum Gasteiger partial charge on any atom is -0.468 e. The fourth-order valence-corrected chi connectivity index (χ4v) is 5.69. The summed E-state index contributed by atoms with van der Waals surface area (Å²) in [5.41, 5.74) is 1.03. The van der Waals surface area contributed by atoms with E-state index in [9.17, 15) is 14.4 Å². The Labute approximate surface area is 208 Å². The third kappa shape index (κ3) is 4.03. The Kier molecular flexibility index (Phi) is 6.17. The lowest BCUT2D eigenvalue weighted by molar-refractivity contribution is -0.154. The topological polar surface area (TPSA) is 75.7 Å². The Morgan fingerprint density at radius 2 is 1.60 bits per heavy atom. The third-order valence-corrected chi connectivity index (χ3v) is 7.25. The molecule has 2 heterocycles. The number of nitrogens with one attached hydrogen (secondary N) is 1. The smallest absolute Gasteiger partial charge is 0.327 e. The maximum absolute atomic E-state index is 13.9. The number of imide groups is 1. The van der Waals surface area contributed by atoms with E-state index >= 15 is 0 Å². The zero-order chi connectivity index (χ0) is 24.6. The number of fused-ring (bicyclic) bond motifs is 1. The van der Waals surface area contributed by atoms with Gasteiger partial charge in [-0.3, -0.25) is 24.6 Å². The number of ether oxygens (including phenoxy) is 1. The van der Waals surface area contributed by atoms with Crippen LogP contribution in [0.2, 0.25) is 5.02 Å². The first-order valence-corrected chi connectivity index (χ1v) is 11.9. The van der Waals surface area contributed by atoms with Crippen LogP contribution in [-0.4, -0.2) is 35.3 Å². The van der Waals surface area contributed by atoms with Crippen molar-refractivity contribution >= 4 is 29.4 Å². The molecule has 35 heavy (non-hydrogen) atoms. The summed E-state index contributed by atoms with van der Waals surface area (Å²) in [5, 5.41) is 3.90. The highest BCUT2D eigenvalue weighted by Gasteiger charge is 2.68. The summed E-state index contributed by atoms with van der Waals surface area (Å²) in [6.45, 7) is 0.149. The largest absolute Gasteiger partial charge is 0.468 e. The molecule has 2 aliphatic rings. The summed E-state index contributed by atoms with van der Waals surface area (Å²) in [4.78, 5) is 42.4. The van der Waals surface area contributed by atoms with Crippen molar-refractivity contribution < 1.29 is 19.1 Å². The van der Waals surface area contributed by atoms with E-state index in [1.54, 1.807) is 18.2 Å². The van der Waals surface area contributed by atoms with Crippen LogP contribution in [0.25, 0.3) is 0 Å². The van der Waals surface area contributed by atoms with Crippen molar-refractivity contribution in [3.05, 3.63) is 107 Å². The van der Waals surface area contributed by atoms with Gasteiger partial charge in [0.1, 0.15) is 5.54 Å². The Bertz CT molecular complexity index is 1270. The SMILES string of the molecule is COC(=O)[C@]1(Cc2ccccc2)N[C@H](c2cccc(Cl)c2)[C@@H]2C(=O)N(Cc3ccccc3)C(=O)[C@H]21. The van der Waals surface area contributed by atoms with Gasteiger partial charge in [-0.15, -0.1) is 0 Å². The normalized spacial score (nSPS) is 25.5. The number of rotatable bonds is 6. The molecule has 0 radical (unpaired) electrons. The predicted octanol–water partition coefficient (Wildman–Crippen LogP) is 3.94. The van der Waals surface area contributed by atoms with Gasteiger partial charge < -0.3 is 4.74 Å². The molecule has 2 saturated heterocycles. The first-order valence-electron chi connectivity index (χ1n) is 11.5. The number of carbonyl (C=O) groups is 3. The molecule has 0 aromatic heterocycles. The molecule has 0 bridgehead atoms. The third-order valence-electron chi connectivity index (χ3n) is 7.01. The summed E-state index contributed by atoms with van der Waals surface area (Å²) in [6, 6.07) is 25.4. The van der Waals surface area contributed by atoms with E-state index in [0.717, 1.165) is 16.7 Å². The number of carbonyl (C=O) groups excluding carboxylic acids is 3. The molecule has 4 atom stereocenters. The number of benzene rings is 3. The second kappa shape index (κ2) is 9.29. The highest BCUT2D eigenvalue weighted by molar-refractivity contribution is 6.30. The summed E-state index contributed by atoms with van der Waals surface area (Å²) in [6.07, 6.45) is 0.205. The fourth-order valence-electron chi connectivity index (χ4n) is 5.49. The minimum atomic E-state index is -1.41. The average Bonchev–Trinajstić information content (AvgIpc) is 3.34. The van der Waals surface area contributed by atoms with Crippen molar-refractivity contribution in [3.63, 3.8) is 0 Å². The molecule has 3 aromatic carbocycles. The van der Waals surface area contributed by atoms with Gasteiger partial charge in [-0.25, -0.2) is 0 Å². The highest BCUT2D eigenvalue weighted by atomic mass is 35.5. The number of amides is 2. The summed E-state index contributed by atoms with van der Waals surface area (Å²) < 4.78 is 5.25. The second-order valence-corrected chi connectivity index (χ2v) is 9.49. The molecule has 0 aliphatic carbocycles. The van der Waals surface area contributed by atoms with E-state index in [-0.39, 0.29) is 24.8 Å². The number of methoxy groups -OCH3 is 1. The quantitative estimate of drug-likeness (QED) is 0.420. The van der Waals surface area contributed by atoms with Crippen LogP contribution in [0.3, 0.4) is 0 Å². The van der Waals surface area contributed by atoms with Crippen LogP contribution in [0.1, 0.15) is 22.7 Å². The van der Waals surface area contributed by atoms with Crippen LogP contribution in [0.5, 0.6) is 0 Å². The number of likely N-dealkylation sites (tertiary alicyclic amines) is 1. The molecule has 6 nitrogen and oxygen atoms in total. The monoisotopic (exact) mass is 488 g/mol. The molecule has 1 N–H and O–H groups in total. The van der Waals surface area contributed by atoms with Crippen LogP contribution >= 0.6 is 11.6 Å². The van der Waals surface area contributed by atoms with Crippen molar-refractivity contribution in [3.8, 4) is 0 Å². The lowest BCUT2D eigenvalue weighted by atomic mass is 9.76. The molecule has 0 saturated carbocycles. The molecule has 2 fully saturated rings. The van der Waals surface area contributed by atoms with Gasteiger partial charge in [0, 0.05) is 17.5 Å². The van der Waals surface area contributed by atoms with Crippen LogP contribution in [0.15, 0.2) is 84.9 Å². The van der Waals surface area contributed by atoms with E-state index in [0.29, 0.717) is 5.02 Å². The molecule has 3 aromatic rings. The van der Waals surface area contributed by atoms with Crippen LogP contribution in [-0.2, 0) is 32.1 Å². The number of nitrogens with zero attached hydrogens (tertiary/aromatic N) is 1. The van der Waals surface area contributed by atoms with Gasteiger partial charge >= 0.3 is 5.97 Å². The van der Waals surface area contributed by atoms with Crippen LogP contribution < -0.4 is 5.32 Å². The van der Waals surface area contributed by atoms with E-state index in [1.807, 2.05) is 66.7 Å². The number of esters is 1. The second-order valence-electron chi connectivity index (χ2n) is 9.05. The van der Waals surface area contributed by atoms with Gasteiger partial charge in [0.05, 0.1) is 25.5 Å². The lowest BCUT2D eigenvalue weighted by Gasteiger charge is -2.32. The van der Waals surface area contributed by atoms with Gasteiger partial charge in [-0.05, 0) is 28.8 Å². The van der Waals surface area contributed by atoms with E-state index in [1.165, 1.54) is 12.0 Å². The molecule has 0 unspecified atom stereocenters. The standard InChI is InChI=1S/C28H25ClN2O4/c1-35-27(34)28(16-18-9-4-2-5-10-18)23-22(24(30-28)20-13-8-14-21(29)15-20)25(32)31(26(23)33)17-19-11-6-3-7-12-19/h2-15,22-24,30H,16-17H2,1H3/t22-,23+,24-,28-/m1/s1.